The number of amides is 1. The van der Waals surface area contributed by atoms with E-state index < -0.39 is 16.6 Å². The van der Waals surface area contributed by atoms with Gasteiger partial charge in [-0.3, -0.25) is 15.4 Å². The smallest absolute Gasteiger partial charge is 0.412 e. The van der Waals surface area contributed by atoms with Gasteiger partial charge in [-0.15, -0.1) is 0 Å². The maximum atomic E-state index is 12.1. The number of nitro benzene ring substituents is 1. The minimum absolute atomic E-state index is 0.0562. The number of para-hydroxylation sites is 1. The molecule has 0 spiro atoms. The van der Waals surface area contributed by atoms with Crippen LogP contribution in [0.25, 0.3) is 11.0 Å². The van der Waals surface area contributed by atoms with E-state index in [-0.39, 0.29) is 11.7 Å². The van der Waals surface area contributed by atoms with Gasteiger partial charge in [0.15, 0.2) is 5.52 Å². The van der Waals surface area contributed by atoms with Crippen LogP contribution in [0.4, 0.5) is 10.5 Å². The Morgan fingerprint density at radius 3 is 2.81 bits per heavy atom. The van der Waals surface area contributed by atoms with Crippen molar-refractivity contribution in [2.24, 2.45) is 0 Å². The molecule has 27 heavy (non-hydrogen) atoms. The first kappa shape index (κ1) is 18.4. The number of alkyl carbamates (subject to hydrolysis) is 1. The molecule has 0 bridgehead atoms. The second kappa shape index (κ2) is 6.71. The van der Waals surface area contributed by atoms with E-state index in [9.17, 15) is 14.9 Å². The number of nitrogens with one attached hydrogen (secondary N) is 1. The number of fused-ring (bicyclic) bond motifs is 1. The van der Waals surface area contributed by atoms with Gasteiger partial charge >= 0.3 is 6.09 Å². The lowest BCUT2D eigenvalue weighted by Gasteiger charge is -2.25. The second-order valence-corrected chi connectivity index (χ2v) is 7.12. The Morgan fingerprint density at radius 2 is 2.15 bits per heavy atom. The highest BCUT2D eigenvalue weighted by atomic mass is 16.6. The van der Waals surface area contributed by atoms with Crippen LogP contribution in [0, 0.1) is 10.1 Å². The number of nitrogens with zero attached hydrogens (tertiary/aromatic N) is 3. The highest BCUT2D eigenvalue weighted by molar-refractivity contribution is 5.85. The molecule has 8 heteroatoms. The predicted molar refractivity (Wildman–Crippen MR) is 101 cm³/mol. The third-order valence-electron chi connectivity index (χ3n) is 3.97. The van der Waals surface area contributed by atoms with E-state index in [1.165, 1.54) is 12.4 Å². The molecule has 1 aliphatic rings. The van der Waals surface area contributed by atoms with Crippen LogP contribution in [-0.4, -0.2) is 26.2 Å². The largest absolute Gasteiger partial charge is 0.444 e. The first-order valence-electron chi connectivity index (χ1n) is 8.35. The number of carbonyl (C=O) groups excluding carboxylic acids is 1. The Balaban J connectivity index is 1.88. The summed E-state index contributed by atoms with van der Waals surface area (Å²) in [6, 6.07) is 4.45. The number of nitro groups is 1. The maximum Gasteiger partial charge on any atom is 0.412 e. The highest BCUT2D eigenvalue weighted by Crippen LogP contribution is 2.32. The molecule has 2 aromatic rings. The molecule has 1 aromatic heterocycles. The predicted octanol–water partition coefficient (Wildman–Crippen LogP) is 4.02. The van der Waals surface area contributed by atoms with Crippen LogP contribution in [-0.2, 0) is 4.74 Å². The standard InChI is InChI=1S/C19H20N4O4/c1-12-13(21-18(24)27-19(2,3)4)7-5-8-14(12)22-11-20-17-15(22)9-6-10-16(17)23(25)26/h5-11,14H,1H2,2-4H3,(H,21,24). The molecule has 3 rings (SSSR count). The molecule has 1 atom stereocenters. The summed E-state index contributed by atoms with van der Waals surface area (Å²) in [7, 11) is 0. The van der Waals surface area contributed by atoms with Crippen molar-refractivity contribution < 1.29 is 14.5 Å². The van der Waals surface area contributed by atoms with Gasteiger partial charge in [0.05, 0.1) is 22.8 Å². The molecular weight excluding hydrogens is 348 g/mol. The zero-order valence-electron chi connectivity index (χ0n) is 15.3. The number of aromatic nitrogens is 2. The number of hydrogen-bond acceptors (Lipinski definition) is 5. The maximum absolute atomic E-state index is 12.1. The van der Waals surface area contributed by atoms with Crippen LogP contribution in [0.3, 0.4) is 0 Å². The summed E-state index contributed by atoms with van der Waals surface area (Å²) in [5, 5.41) is 13.9. The summed E-state index contributed by atoms with van der Waals surface area (Å²) in [5.74, 6) is 0. The summed E-state index contributed by atoms with van der Waals surface area (Å²) >= 11 is 0. The second-order valence-electron chi connectivity index (χ2n) is 7.12. The molecule has 1 heterocycles. The van der Waals surface area contributed by atoms with Crippen molar-refractivity contribution in [3.8, 4) is 0 Å². The Labute approximate surface area is 156 Å². The number of ether oxygens (including phenoxy) is 1. The molecule has 0 saturated heterocycles. The lowest BCUT2D eigenvalue weighted by atomic mass is 9.99. The van der Waals surface area contributed by atoms with Crippen molar-refractivity contribution in [1.29, 1.82) is 0 Å². The van der Waals surface area contributed by atoms with Gasteiger partial charge in [0.25, 0.3) is 5.69 Å². The topological polar surface area (TPSA) is 99.3 Å². The van der Waals surface area contributed by atoms with E-state index in [0.29, 0.717) is 22.3 Å². The average molecular weight is 368 g/mol. The minimum atomic E-state index is -0.616. The molecule has 1 unspecified atom stereocenters. The van der Waals surface area contributed by atoms with Gasteiger partial charge in [-0.1, -0.05) is 24.8 Å². The lowest BCUT2D eigenvalue weighted by molar-refractivity contribution is -0.383. The number of non-ortho nitro benzene ring substituents is 1. The van der Waals surface area contributed by atoms with Crippen LogP contribution in [0.15, 0.2) is 60.6 Å². The molecule has 0 radical (unpaired) electrons. The number of imidazole rings is 1. The van der Waals surface area contributed by atoms with Gasteiger partial charge in [0.1, 0.15) is 5.60 Å². The van der Waals surface area contributed by atoms with E-state index in [1.54, 1.807) is 49.6 Å². The zero-order valence-corrected chi connectivity index (χ0v) is 15.3. The average Bonchev–Trinajstić information content (AvgIpc) is 2.98. The van der Waals surface area contributed by atoms with Gasteiger partial charge in [-0.25, -0.2) is 9.78 Å². The Hall–Kier alpha value is -3.42. The number of rotatable bonds is 3. The molecule has 0 fully saturated rings. The van der Waals surface area contributed by atoms with Gasteiger partial charge in [-0.05, 0) is 38.5 Å². The zero-order chi connectivity index (χ0) is 19.8. The molecule has 0 saturated carbocycles. The van der Waals surface area contributed by atoms with Crippen LogP contribution < -0.4 is 5.32 Å². The van der Waals surface area contributed by atoms with Crippen molar-refractivity contribution in [3.05, 3.63) is 70.7 Å². The number of carbonyl (C=O) groups is 1. The quantitative estimate of drug-likeness (QED) is 0.651. The summed E-state index contributed by atoms with van der Waals surface area (Å²) in [5.41, 5.74) is 1.38. The molecule has 1 amide bonds. The minimum Gasteiger partial charge on any atom is -0.444 e. The Bertz CT molecular complexity index is 995. The van der Waals surface area contributed by atoms with Crippen molar-refractivity contribution >= 4 is 22.8 Å². The van der Waals surface area contributed by atoms with Crippen molar-refractivity contribution in [3.63, 3.8) is 0 Å². The van der Waals surface area contributed by atoms with Gasteiger partial charge in [0, 0.05) is 11.8 Å². The fraction of sp³-hybridized carbons (Fsp3) is 0.263. The molecule has 0 aliphatic heterocycles. The van der Waals surface area contributed by atoms with Crippen molar-refractivity contribution in [2.45, 2.75) is 32.4 Å². The SMILES string of the molecule is C=C1C(NC(=O)OC(C)(C)C)=CC=CC1n1cnc2c([N+](=O)[O-])cccc21. The van der Waals surface area contributed by atoms with Crippen LogP contribution in [0.2, 0.25) is 0 Å². The highest BCUT2D eigenvalue weighted by Gasteiger charge is 2.25. The number of benzene rings is 1. The van der Waals surface area contributed by atoms with E-state index in [0.717, 1.165) is 0 Å². The van der Waals surface area contributed by atoms with E-state index in [2.05, 4.69) is 16.9 Å². The molecule has 1 N–H and O–H groups in total. The third kappa shape index (κ3) is 3.74. The molecule has 140 valence electrons. The number of allylic oxidation sites excluding steroid dienone is 4. The number of hydrogen-bond donors (Lipinski definition) is 1. The first-order chi connectivity index (χ1) is 12.7. The summed E-state index contributed by atoms with van der Waals surface area (Å²) in [6.45, 7) is 9.42. The van der Waals surface area contributed by atoms with Crippen LogP contribution in [0.1, 0.15) is 26.8 Å². The van der Waals surface area contributed by atoms with Gasteiger partial charge in [-0.2, -0.15) is 0 Å². The normalized spacial score (nSPS) is 16.9. The molecule has 8 nitrogen and oxygen atoms in total. The summed E-state index contributed by atoms with van der Waals surface area (Å²) < 4.78 is 7.06. The summed E-state index contributed by atoms with van der Waals surface area (Å²) in [6.07, 6.45) is 6.35. The van der Waals surface area contributed by atoms with E-state index >= 15 is 0 Å². The van der Waals surface area contributed by atoms with Crippen LogP contribution in [0.5, 0.6) is 0 Å². The van der Waals surface area contributed by atoms with Crippen molar-refractivity contribution in [1.82, 2.24) is 14.9 Å². The monoisotopic (exact) mass is 368 g/mol. The van der Waals surface area contributed by atoms with E-state index in [4.69, 9.17) is 4.74 Å². The molecule has 1 aliphatic carbocycles. The third-order valence-corrected chi connectivity index (χ3v) is 3.97. The van der Waals surface area contributed by atoms with Gasteiger partial charge < -0.3 is 9.30 Å². The molecular formula is C19H20N4O4. The fourth-order valence-corrected chi connectivity index (χ4v) is 2.85. The van der Waals surface area contributed by atoms with Crippen LogP contribution >= 0.6 is 0 Å². The van der Waals surface area contributed by atoms with Gasteiger partial charge in [0.2, 0.25) is 0 Å². The lowest BCUT2D eigenvalue weighted by Crippen LogP contribution is -2.33. The Morgan fingerprint density at radius 1 is 1.41 bits per heavy atom. The first-order valence-corrected chi connectivity index (χ1v) is 8.35. The van der Waals surface area contributed by atoms with E-state index in [1.807, 2.05) is 6.08 Å². The fourth-order valence-electron chi connectivity index (χ4n) is 2.85. The van der Waals surface area contributed by atoms with Crippen molar-refractivity contribution in [2.75, 3.05) is 0 Å². The Kier molecular flexibility index (Phi) is 4.57. The molecule has 1 aromatic carbocycles. The summed E-state index contributed by atoms with van der Waals surface area (Å²) in [4.78, 5) is 27.0.